The van der Waals surface area contributed by atoms with Gasteiger partial charge in [0, 0.05) is 0 Å². The van der Waals surface area contributed by atoms with Gasteiger partial charge in [0.1, 0.15) is 0 Å². The Hall–Kier alpha value is 1.88. The molecule has 0 aromatic rings. The third-order valence-corrected chi connectivity index (χ3v) is 18.9. The Morgan fingerprint density at radius 3 is 0.684 bits per heavy atom. The van der Waals surface area contributed by atoms with Crippen molar-refractivity contribution in [1.82, 2.24) is 0 Å². The van der Waals surface area contributed by atoms with Crippen molar-refractivity contribution in [3.05, 3.63) is 0 Å². The molecule has 4 radical (unpaired) electrons. The van der Waals surface area contributed by atoms with Crippen LogP contribution in [0.15, 0.2) is 0 Å². The molecule has 0 rings (SSSR count). The summed E-state index contributed by atoms with van der Waals surface area (Å²) in [4.78, 5) is 0. The zero-order valence-corrected chi connectivity index (χ0v) is 22.2. The van der Waals surface area contributed by atoms with E-state index in [0.29, 0.717) is 0 Å². The van der Waals surface area contributed by atoms with Crippen molar-refractivity contribution in [1.29, 1.82) is 0 Å². The fourth-order valence-corrected chi connectivity index (χ4v) is 9.47. The standard InChI is InChI=1S/2C6H15Ge.2C2H5.Sn/c2*1-4-7(5-2)6-3;2*1-2;/h2*4-6H2,1-3H3;2*1H2,2H3;. The van der Waals surface area contributed by atoms with Crippen LogP contribution in [0.3, 0.4) is 0 Å². The second-order valence-corrected chi connectivity index (χ2v) is 25.2. The first-order valence-electron chi connectivity index (χ1n) is 8.49. The fraction of sp³-hybridized carbons (Fsp3) is 1.00. The van der Waals surface area contributed by atoms with Gasteiger partial charge in [-0.25, -0.2) is 0 Å². The Morgan fingerprint density at radius 2 is 0.684 bits per heavy atom. The van der Waals surface area contributed by atoms with Gasteiger partial charge in [-0.05, 0) is 0 Å². The van der Waals surface area contributed by atoms with E-state index >= 15 is 0 Å². The second kappa shape index (κ2) is 24.9. The molecule has 0 heterocycles. The van der Waals surface area contributed by atoms with Gasteiger partial charge in [-0.1, -0.05) is 0 Å². The van der Waals surface area contributed by atoms with Gasteiger partial charge in [-0.15, -0.1) is 0 Å². The summed E-state index contributed by atoms with van der Waals surface area (Å²) in [5.41, 5.74) is 0. The van der Waals surface area contributed by atoms with E-state index in [1.165, 1.54) is 40.4 Å². The molecule has 0 N–H and O–H groups in total. The minimum absolute atomic E-state index is 0.218. The summed E-state index contributed by atoms with van der Waals surface area (Å²) >= 11 is -0.588. The minimum atomic E-state index is -0.403. The van der Waals surface area contributed by atoms with Crippen LogP contribution < -0.4 is 0 Å². The van der Waals surface area contributed by atoms with Crippen LogP contribution in [0.1, 0.15) is 55.4 Å². The van der Waals surface area contributed by atoms with Crippen LogP contribution in [-0.2, 0) is 0 Å². The number of hydrogen-bond acceptors (Lipinski definition) is 0. The average molecular weight is 496 g/mol. The van der Waals surface area contributed by atoms with Crippen LogP contribution in [0.4, 0.5) is 0 Å². The normalized spacial score (nSPS) is 9.79. The van der Waals surface area contributed by atoms with Gasteiger partial charge in [0.05, 0.1) is 0 Å². The Balaban J connectivity index is -0.000000206. The molecular weight excluding hydrogens is 456 g/mol. The summed E-state index contributed by atoms with van der Waals surface area (Å²) in [7, 11) is 0. The molecule has 0 saturated heterocycles. The van der Waals surface area contributed by atoms with Gasteiger partial charge in [-0.3, -0.25) is 0 Å². The predicted octanol–water partition coefficient (Wildman–Crippen LogP) is 6.65. The van der Waals surface area contributed by atoms with Crippen LogP contribution >= 0.6 is 0 Å². The van der Waals surface area contributed by atoms with Crippen LogP contribution in [0.25, 0.3) is 0 Å². The molecule has 0 atom stereocenters. The quantitative estimate of drug-likeness (QED) is 0.330. The van der Waals surface area contributed by atoms with E-state index in [0.717, 1.165) is 0 Å². The van der Waals surface area contributed by atoms with Crippen molar-refractivity contribution in [3.8, 4) is 0 Å². The molecular formula is C16H40Ge2Sn. The maximum absolute atomic E-state index is 2.34. The van der Waals surface area contributed by atoms with Crippen LogP contribution in [-0.4, -0.2) is 49.8 Å². The monoisotopic (exact) mass is 500 g/mol. The zero-order chi connectivity index (χ0) is 15.5. The molecule has 0 saturated carbocycles. The predicted molar refractivity (Wildman–Crippen MR) is 101 cm³/mol. The maximum atomic E-state index is 2.34. The number of rotatable bonds is 8. The molecule has 0 aromatic heterocycles. The van der Waals surface area contributed by atoms with Gasteiger partial charge in [0.15, 0.2) is 0 Å². The van der Waals surface area contributed by atoms with E-state index in [1.807, 2.05) is 0 Å². The molecule has 0 fully saturated rings. The zero-order valence-electron chi connectivity index (χ0n) is 15.2. The summed E-state index contributed by atoms with van der Waals surface area (Å²) < 4.78 is 3.03. The summed E-state index contributed by atoms with van der Waals surface area (Å²) in [6.07, 6.45) is 0. The van der Waals surface area contributed by atoms with E-state index in [2.05, 4.69) is 55.4 Å². The third kappa shape index (κ3) is 25.2. The van der Waals surface area contributed by atoms with Gasteiger partial charge in [0.25, 0.3) is 0 Å². The summed E-state index contributed by atoms with van der Waals surface area (Å²) in [5.74, 6) is 0. The van der Waals surface area contributed by atoms with E-state index < -0.39 is 28.7 Å². The van der Waals surface area contributed by atoms with E-state index in [1.54, 1.807) is 0 Å². The van der Waals surface area contributed by atoms with Crippen molar-refractivity contribution in [2.75, 3.05) is 0 Å². The molecule has 19 heavy (non-hydrogen) atoms. The third-order valence-electron chi connectivity index (χ3n) is 3.50. The van der Waals surface area contributed by atoms with E-state index in [4.69, 9.17) is 0 Å². The fourth-order valence-electron chi connectivity index (χ4n) is 1.75. The summed E-state index contributed by atoms with van der Waals surface area (Å²) in [6, 6.07) is 0. The molecule has 0 aliphatic carbocycles. The Labute approximate surface area is 144 Å². The Kier molecular flexibility index (Phi) is 33.8. The van der Waals surface area contributed by atoms with Gasteiger partial charge >= 0.3 is 146 Å². The van der Waals surface area contributed by atoms with Gasteiger partial charge < -0.3 is 0 Å². The van der Waals surface area contributed by atoms with Gasteiger partial charge in [-0.2, -0.15) is 0 Å². The first-order valence-corrected chi connectivity index (χ1v) is 21.4. The van der Waals surface area contributed by atoms with Crippen LogP contribution in [0.2, 0.25) is 40.4 Å². The molecule has 0 amide bonds. The Morgan fingerprint density at radius 1 is 0.474 bits per heavy atom. The average Bonchev–Trinajstić information content (AvgIpc) is 2.45. The Bertz CT molecular complexity index is 98.9. The molecule has 0 aliphatic rings. The molecule has 0 bridgehead atoms. The molecule has 0 aliphatic heterocycles. The van der Waals surface area contributed by atoms with Crippen LogP contribution in [0, 0.1) is 0 Å². The second-order valence-electron chi connectivity index (χ2n) is 4.58. The first-order chi connectivity index (χ1) is 9.11. The van der Waals surface area contributed by atoms with Crippen molar-refractivity contribution in [2.24, 2.45) is 0 Å². The van der Waals surface area contributed by atoms with E-state index in [-0.39, 0.29) is 21.1 Å². The van der Waals surface area contributed by atoms with E-state index in [9.17, 15) is 0 Å². The van der Waals surface area contributed by atoms with Crippen molar-refractivity contribution in [3.63, 3.8) is 0 Å². The molecule has 0 nitrogen and oxygen atoms in total. The topological polar surface area (TPSA) is 0 Å². The SMILES string of the molecule is C[CH2][Ge]([CH2]C)[CH2]C.C[CH2][Ge]([CH2]C)[CH2]C.C[CH2][Sn][CH2]C. The molecule has 0 spiro atoms. The molecule has 3 heteroatoms. The van der Waals surface area contributed by atoms with Crippen molar-refractivity contribution in [2.45, 2.75) is 95.8 Å². The number of hydrogen-bond donors (Lipinski definition) is 0. The molecule has 0 unspecified atom stereocenters. The first kappa shape index (κ1) is 25.8. The summed E-state index contributed by atoms with van der Waals surface area (Å²) in [5, 5.41) is 9.12. The van der Waals surface area contributed by atoms with Crippen molar-refractivity contribution >= 4 is 49.8 Å². The van der Waals surface area contributed by atoms with Crippen LogP contribution in [0.5, 0.6) is 0 Å². The molecule has 116 valence electrons. The van der Waals surface area contributed by atoms with Crippen molar-refractivity contribution < 1.29 is 0 Å². The van der Waals surface area contributed by atoms with Gasteiger partial charge in [0.2, 0.25) is 0 Å². The summed E-state index contributed by atoms with van der Waals surface area (Å²) in [6.45, 7) is 18.6. The molecule has 0 aromatic carbocycles.